The third-order valence-electron chi connectivity index (χ3n) is 4.77. The van der Waals surface area contributed by atoms with Crippen LogP contribution in [0.2, 0.25) is 0 Å². The third-order valence-corrected chi connectivity index (χ3v) is 4.77. The summed E-state index contributed by atoms with van der Waals surface area (Å²) >= 11 is 0. The molecule has 2 aliphatic rings. The number of nitrogens with zero attached hydrogens (tertiary/aromatic N) is 2. The normalized spacial score (nSPS) is 23.6. The first kappa shape index (κ1) is 15.2. The van der Waals surface area contributed by atoms with Crippen molar-refractivity contribution in [1.82, 2.24) is 4.90 Å². The molecule has 3 rings (SSSR count). The molecule has 0 saturated carbocycles. The van der Waals surface area contributed by atoms with Gasteiger partial charge in [0.05, 0.1) is 18.2 Å². The first-order chi connectivity index (χ1) is 10.6. The second kappa shape index (κ2) is 6.21. The Morgan fingerprint density at radius 3 is 2.23 bits per heavy atom. The summed E-state index contributed by atoms with van der Waals surface area (Å²) in [4.78, 5) is 28.6. The topological polar surface area (TPSA) is 40.6 Å². The number of hydrogen-bond donors (Lipinski definition) is 0. The molecule has 0 aromatic heterocycles. The molecule has 0 spiro atoms. The Labute approximate surface area is 132 Å². The summed E-state index contributed by atoms with van der Waals surface area (Å²) in [6.07, 6.45) is 3.80. The molecule has 118 valence electrons. The van der Waals surface area contributed by atoms with Crippen molar-refractivity contribution in [3.8, 4) is 0 Å². The van der Waals surface area contributed by atoms with E-state index in [0.29, 0.717) is 18.0 Å². The average Bonchev–Trinajstić information content (AvgIpc) is 2.83. The minimum atomic E-state index is -0.252. The van der Waals surface area contributed by atoms with Crippen LogP contribution in [-0.2, 0) is 9.59 Å². The third kappa shape index (κ3) is 2.80. The van der Waals surface area contributed by atoms with E-state index in [2.05, 4.69) is 18.7 Å². The van der Waals surface area contributed by atoms with E-state index in [1.807, 2.05) is 24.3 Å². The van der Waals surface area contributed by atoms with E-state index < -0.39 is 0 Å². The molecule has 0 radical (unpaired) electrons. The molecular weight excluding hydrogens is 276 g/mol. The maximum absolute atomic E-state index is 12.7. The number of anilines is 1. The van der Waals surface area contributed by atoms with Gasteiger partial charge in [-0.25, -0.2) is 4.90 Å². The Morgan fingerprint density at radius 1 is 1.00 bits per heavy atom. The maximum atomic E-state index is 12.7. The van der Waals surface area contributed by atoms with Crippen molar-refractivity contribution < 1.29 is 9.59 Å². The summed E-state index contributed by atoms with van der Waals surface area (Å²) in [5, 5.41) is 0. The Kier molecular flexibility index (Phi) is 4.30. The van der Waals surface area contributed by atoms with Gasteiger partial charge in [0.1, 0.15) is 0 Å². The van der Waals surface area contributed by atoms with Gasteiger partial charge in [0.15, 0.2) is 0 Å². The zero-order chi connectivity index (χ0) is 15.7. The Morgan fingerprint density at radius 2 is 1.64 bits per heavy atom. The number of hydrogen-bond acceptors (Lipinski definition) is 3. The van der Waals surface area contributed by atoms with Crippen LogP contribution >= 0.6 is 0 Å². The molecule has 1 aromatic rings. The molecule has 0 N–H and O–H groups in total. The largest absolute Gasteiger partial charge is 0.292 e. The van der Waals surface area contributed by atoms with Gasteiger partial charge in [-0.2, -0.15) is 0 Å². The smallest absolute Gasteiger partial charge is 0.251 e. The lowest BCUT2D eigenvalue weighted by atomic mass is 10.0. The maximum Gasteiger partial charge on any atom is 0.251 e. The summed E-state index contributed by atoms with van der Waals surface area (Å²) in [6, 6.07) is 7.55. The Bertz CT molecular complexity index is 559. The molecule has 1 atom stereocenters. The zero-order valence-corrected chi connectivity index (χ0v) is 13.4. The van der Waals surface area contributed by atoms with Crippen LogP contribution in [0.4, 0.5) is 5.69 Å². The Balaban J connectivity index is 1.78. The van der Waals surface area contributed by atoms with Crippen LogP contribution in [0, 0.1) is 0 Å². The highest BCUT2D eigenvalue weighted by molar-refractivity contribution is 6.22. The van der Waals surface area contributed by atoms with Crippen molar-refractivity contribution >= 4 is 17.5 Å². The van der Waals surface area contributed by atoms with Crippen molar-refractivity contribution in [2.45, 2.75) is 51.5 Å². The van der Waals surface area contributed by atoms with Crippen molar-refractivity contribution in [2.24, 2.45) is 0 Å². The van der Waals surface area contributed by atoms with Crippen LogP contribution in [0.5, 0.6) is 0 Å². The molecule has 2 saturated heterocycles. The number of carbonyl (C=O) groups is 2. The SMILES string of the molecule is CC(C)c1ccc(N2C(=O)CC(N3CCCCC3)C2=O)cc1. The van der Waals surface area contributed by atoms with Gasteiger partial charge >= 0.3 is 0 Å². The zero-order valence-electron chi connectivity index (χ0n) is 13.4. The van der Waals surface area contributed by atoms with E-state index in [1.54, 1.807) is 0 Å². The summed E-state index contributed by atoms with van der Waals surface area (Å²) < 4.78 is 0. The van der Waals surface area contributed by atoms with Crippen molar-refractivity contribution in [3.63, 3.8) is 0 Å². The lowest BCUT2D eigenvalue weighted by Gasteiger charge is -2.30. The fourth-order valence-electron chi connectivity index (χ4n) is 3.41. The fourth-order valence-corrected chi connectivity index (χ4v) is 3.41. The van der Waals surface area contributed by atoms with Crippen LogP contribution in [0.15, 0.2) is 24.3 Å². The van der Waals surface area contributed by atoms with E-state index in [1.165, 1.54) is 16.9 Å². The minimum Gasteiger partial charge on any atom is -0.292 e. The van der Waals surface area contributed by atoms with E-state index in [9.17, 15) is 9.59 Å². The van der Waals surface area contributed by atoms with Gasteiger partial charge in [0, 0.05) is 0 Å². The molecule has 1 unspecified atom stereocenters. The summed E-state index contributed by atoms with van der Waals surface area (Å²) in [5.74, 6) is 0.321. The molecule has 2 amide bonds. The summed E-state index contributed by atoms with van der Waals surface area (Å²) in [6.45, 7) is 6.13. The van der Waals surface area contributed by atoms with Gasteiger partial charge in [-0.1, -0.05) is 32.4 Å². The van der Waals surface area contributed by atoms with Crippen molar-refractivity contribution in [3.05, 3.63) is 29.8 Å². The highest BCUT2D eigenvalue weighted by atomic mass is 16.2. The van der Waals surface area contributed by atoms with E-state index in [-0.39, 0.29) is 17.9 Å². The van der Waals surface area contributed by atoms with Crippen LogP contribution in [0.25, 0.3) is 0 Å². The second-order valence-electron chi connectivity index (χ2n) is 6.63. The molecule has 4 heteroatoms. The summed E-state index contributed by atoms with van der Waals surface area (Å²) in [5.41, 5.74) is 1.93. The predicted molar refractivity (Wildman–Crippen MR) is 86.9 cm³/mol. The number of carbonyl (C=O) groups excluding carboxylic acids is 2. The van der Waals surface area contributed by atoms with E-state index >= 15 is 0 Å². The van der Waals surface area contributed by atoms with E-state index in [0.717, 1.165) is 25.9 Å². The minimum absolute atomic E-state index is 0.0517. The number of likely N-dealkylation sites (tertiary alicyclic amines) is 1. The average molecular weight is 300 g/mol. The molecule has 0 bridgehead atoms. The van der Waals surface area contributed by atoms with Crippen LogP contribution in [-0.4, -0.2) is 35.8 Å². The van der Waals surface area contributed by atoms with Gasteiger partial charge < -0.3 is 0 Å². The number of rotatable bonds is 3. The quantitative estimate of drug-likeness (QED) is 0.806. The standard InChI is InChI=1S/C18H24N2O2/c1-13(2)14-6-8-15(9-7-14)20-17(21)12-16(18(20)22)19-10-4-3-5-11-19/h6-9,13,16H,3-5,10-12H2,1-2H3. The van der Waals surface area contributed by atoms with Crippen LogP contribution < -0.4 is 4.90 Å². The lowest BCUT2D eigenvalue weighted by Crippen LogP contribution is -2.44. The molecule has 22 heavy (non-hydrogen) atoms. The fraction of sp³-hybridized carbons (Fsp3) is 0.556. The number of amides is 2. The van der Waals surface area contributed by atoms with Crippen molar-refractivity contribution in [1.29, 1.82) is 0 Å². The first-order valence-electron chi connectivity index (χ1n) is 8.28. The molecule has 1 aromatic carbocycles. The number of benzene rings is 1. The van der Waals surface area contributed by atoms with Gasteiger partial charge in [-0.15, -0.1) is 0 Å². The van der Waals surface area contributed by atoms with Crippen LogP contribution in [0.1, 0.15) is 51.0 Å². The van der Waals surface area contributed by atoms with Crippen LogP contribution in [0.3, 0.4) is 0 Å². The van der Waals surface area contributed by atoms with Crippen molar-refractivity contribution in [2.75, 3.05) is 18.0 Å². The lowest BCUT2D eigenvalue weighted by molar-refractivity contribution is -0.123. The molecule has 2 aliphatic heterocycles. The molecular formula is C18H24N2O2. The number of imide groups is 1. The van der Waals surface area contributed by atoms with Gasteiger partial charge in [0.2, 0.25) is 5.91 Å². The summed E-state index contributed by atoms with van der Waals surface area (Å²) in [7, 11) is 0. The van der Waals surface area contributed by atoms with E-state index in [4.69, 9.17) is 0 Å². The second-order valence-corrected chi connectivity index (χ2v) is 6.63. The van der Waals surface area contributed by atoms with Gasteiger partial charge in [0.25, 0.3) is 5.91 Å². The highest BCUT2D eigenvalue weighted by Gasteiger charge is 2.42. The molecule has 0 aliphatic carbocycles. The monoisotopic (exact) mass is 300 g/mol. The molecule has 4 nitrogen and oxygen atoms in total. The predicted octanol–water partition coefficient (Wildman–Crippen LogP) is 2.93. The van der Waals surface area contributed by atoms with Gasteiger partial charge in [-0.05, 0) is 49.5 Å². The first-order valence-corrected chi connectivity index (χ1v) is 8.28. The highest BCUT2D eigenvalue weighted by Crippen LogP contribution is 2.28. The molecule has 2 fully saturated rings. The number of piperidine rings is 1. The van der Waals surface area contributed by atoms with Gasteiger partial charge in [-0.3, -0.25) is 14.5 Å². The molecule has 2 heterocycles. The Hall–Kier alpha value is -1.68.